The summed E-state index contributed by atoms with van der Waals surface area (Å²) < 4.78 is 0. The molecule has 1 aliphatic rings. The van der Waals surface area contributed by atoms with Crippen LogP contribution in [0.25, 0.3) is 0 Å². The van der Waals surface area contributed by atoms with Crippen molar-refractivity contribution >= 4 is 11.8 Å². The normalized spacial score (nSPS) is 24.3. The summed E-state index contributed by atoms with van der Waals surface area (Å²) in [5, 5.41) is 14.9. The largest absolute Gasteiger partial charge is 0.393 e. The Morgan fingerprint density at radius 3 is 2.53 bits per heavy atom. The molecule has 0 bridgehead atoms. The number of nitrogens with one attached hydrogen (secondary N) is 2. The SMILES string of the molecule is CC(C)[C@H](N)C(=O)NCC(=O)NCC1CCCC1O. The summed E-state index contributed by atoms with van der Waals surface area (Å²) in [7, 11) is 0. The van der Waals surface area contributed by atoms with Gasteiger partial charge in [-0.3, -0.25) is 9.59 Å². The smallest absolute Gasteiger partial charge is 0.239 e. The first-order valence-electron chi connectivity index (χ1n) is 6.90. The van der Waals surface area contributed by atoms with Crippen molar-refractivity contribution in [3.8, 4) is 0 Å². The first kappa shape index (κ1) is 15.9. The molecule has 5 N–H and O–H groups in total. The predicted octanol–water partition coefficient (Wildman–Crippen LogP) is -0.637. The van der Waals surface area contributed by atoms with Gasteiger partial charge in [0.15, 0.2) is 0 Å². The molecular weight excluding hydrogens is 246 g/mol. The van der Waals surface area contributed by atoms with Gasteiger partial charge in [0.2, 0.25) is 11.8 Å². The van der Waals surface area contributed by atoms with Crippen molar-refractivity contribution in [3.05, 3.63) is 0 Å². The summed E-state index contributed by atoms with van der Waals surface area (Å²) in [6, 6.07) is -0.593. The van der Waals surface area contributed by atoms with Gasteiger partial charge in [-0.15, -0.1) is 0 Å². The molecule has 19 heavy (non-hydrogen) atoms. The van der Waals surface area contributed by atoms with Crippen molar-refractivity contribution in [1.29, 1.82) is 0 Å². The maximum absolute atomic E-state index is 11.6. The number of nitrogens with two attached hydrogens (primary N) is 1. The van der Waals surface area contributed by atoms with Gasteiger partial charge in [-0.05, 0) is 18.8 Å². The molecule has 1 rings (SSSR count). The molecule has 0 aromatic carbocycles. The van der Waals surface area contributed by atoms with Crippen LogP contribution in [0.3, 0.4) is 0 Å². The maximum Gasteiger partial charge on any atom is 0.239 e. The Kier molecular flexibility index (Phi) is 6.24. The molecule has 0 aromatic rings. The molecular formula is C13H25N3O3. The molecule has 2 amide bonds. The lowest BCUT2D eigenvalue weighted by molar-refractivity contribution is -0.127. The maximum atomic E-state index is 11.6. The number of carbonyl (C=O) groups is 2. The fourth-order valence-corrected chi connectivity index (χ4v) is 2.15. The van der Waals surface area contributed by atoms with E-state index in [1.54, 1.807) is 0 Å². The number of aliphatic hydroxyl groups is 1. The number of carbonyl (C=O) groups excluding carboxylic acids is 2. The summed E-state index contributed by atoms with van der Waals surface area (Å²) in [6.07, 6.45) is 2.43. The molecule has 0 aliphatic heterocycles. The number of amides is 2. The Balaban J connectivity index is 2.19. The van der Waals surface area contributed by atoms with Crippen LogP contribution >= 0.6 is 0 Å². The van der Waals surface area contributed by atoms with Gasteiger partial charge in [0.1, 0.15) is 0 Å². The number of hydrogen-bond acceptors (Lipinski definition) is 4. The van der Waals surface area contributed by atoms with Crippen molar-refractivity contribution in [3.63, 3.8) is 0 Å². The number of hydrogen-bond donors (Lipinski definition) is 4. The molecule has 1 saturated carbocycles. The van der Waals surface area contributed by atoms with Gasteiger partial charge in [0, 0.05) is 12.5 Å². The summed E-state index contributed by atoms with van der Waals surface area (Å²) in [5.41, 5.74) is 5.66. The van der Waals surface area contributed by atoms with Crippen LogP contribution in [0.4, 0.5) is 0 Å². The summed E-state index contributed by atoms with van der Waals surface area (Å²) in [4.78, 5) is 23.1. The lowest BCUT2D eigenvalue weighted by atomic mass is 10.1. The van der Waals surface area contributed by atoms with E-state index in [0.717, 1.165) is 19.3 Å². The quantitative estimate of drug-likeness (QED) is 0.516. The molecule has 110 valence electrons. The van der Waals surface area contributed by atoms with Crippen LogP contribution in [-0.2, 0) is 9.59 Å². The van der Waals surface area contributed by atoms with Crippen LogP contribution in [0.5, 0.6) is 0 Å². The minimum absolute atomic E-state index is 0.0386. The fraction of sp³-hybridized carbons (Fsp3) is 0.846. The van der Waals surface area contributed by atoms with Gasteiger partial charge in [-0.25, -0.2) is 0 Å². The fourth-order valence-electron chi connectivity index (χ4n) is 2.15. The standard InChI is InChI=1S/C13H25N3O3/c1-8(2)12(14)13(19)16-7-11(18)15-6-9-4-3-5-10(9)17/h8-10,12,17H,3-7,14H2,1-2H3,(H,15,18)(H,16,19)/t9?,10?,12-/m0/s1. The Bertz CT molecular complexity index is 320. The first-order valence-corrected chi connectivity index (χ1v) is 6.90. The number of aliphatic hydroxyl groups excluding tert-OH is 1. The van der Waals surface area contributed by atoms with Gasteiger partial charge in [-0.1, -0.05) is 20.3 Å². The van der Waals surface area contributed by atoms with Gasteiger partial charge < -0.3 is 21.5 Å². The van der Waals surface area contributed by atoms with E-state index in [1.165, 1.54) is 0 Å². The Hall–Kier alpha value is -1.14. The van der Waals surface area contributed by atoms with Gasteiger partial charge >= 0.3 is 0 Å². The van der Waals surface area contributed by atoms with Crippen LogP contribution in [0, 0.1) is 11.8 Å². The second-order valence-electron chi connectivity index (χ2n) is 5.55. The number of rotatable bonds is 6. The summed E-state index contributed by atoms with van der Waals surface area (Å²) in [6.45, 7) is 4.10. The summed E-state index contributed by atoms with van der Waals surface area (Å²) in [5.74, 6) is -0.385. The molecule has 6 nitrogen and oxygen atoms in total. The molecule has 0 heterocycles. The van der Waals surface area contributed by atoms with Crippen LogP contribution in [0.1, 0.15) is 33.1 Å². The van der Waals surface area contributed by atoms with E-state index >= 15 is 0 Å². The molecule has 1 fully saturated rings. The van der Waals surface area contributed by atoms with E-state index in [9.17, 15) is 14.7 Å². The van der Waals surface area contributed by atoms with E-state index in [1.807, 2.05) is 13.8 Å². The van der Waals surface area contributed by atoms with Gasteiger partial charge in [0.05, 0.1) is 18.7 Å². The van der Waals surface area contributed by atoms with Crippen molar-refractivity contribution in [2.24, 2.45) is 17.6 Å². The van der Waals surface area contributed by atoms with E-state index in [2.05, 4.69) is 10.6 Å². The predicted molar refractivity (Wildman–Crippen MR) is 72.2 cm³/mol. The highest BCUT2D eigenvalue weighted by Gasteiger charge is 2.25. The van der Waals surface area contributed by atoms with E-state index in [4.69, 9.17) is 5.73 Å². The molecule has 3 atom stereocenters. The van der Waals surface area contributed by atoms with Crippen LogP contribution in [-0.4, -0.2) is 42.2 Å². The molecule has 0 aromatic heterocycles. The van der Waals surface area contributed by atoms with E-state index in [-0.39, 0.29) is 36.3 Å². The third kappa shape index (κ3) is 5.16. The molecule has 0 spiro atoms. The molecule has 0 radical (unpaired) electrons. The second kappa shape index (κ2) is 7.45. The van der Waals surface area contributed by atoms with Crippen molar-refractivity contribution in [1.82, 2.24) is 10.6 Å². The first-order chi connectivity index (χ1) is 8.91. The summed E-state index contributed by atoms with van der Waals surface area (Å²) >= 11 is 0. The monoisotopic (exact) mass is 271 g/mol. The van der Waals surface area contributed by atoms with Crippen LogP contribution in [0.15, 0.2) is 0 Å². The minimum atomic E-state index is -0.593. The lowest BCUT2D eigenvalue weighted by Crippen LogP contribution is -2.47. The molecule has 2 unspecified atom stereocenters. The van der Waals surface area contributed by atoms with E-state index in [0.29, 0.717) is 6.54 Å². The Morgan fingerprint density at radius 1 is 1.32 bits per heavy atom. The Labute approximate surface area is 114 Å². The molecule has 6 heteroatoms. The second-order valence-corrected chi connectivity index (χ2v) is 5.55. The molecule has 1 aliphatic carbocycles. The minimum Gasteiger partial charge on any atom is -0.393 e. The van der Waals surface area contributed by atoms with Crippen molar-refractivity contribution in [2.45, 2.75) is 45.3 Å². The highest BCUT2D eigenvalue weighted by molar-refractivity contribution is 5.87. The average Bonchev–Trinajstić information content (AvgIpc) is 2.77. The van der Waals surface area contributed by atoms with Crippen molar-refractivity contribution < 1.29 is 14.7 Å². The zero-order chi connectivity index (χ0) is 14.4. The topological polar surface area (TPSA) is 104 Å². The van der Waals surface area contributed by atoms with Gasteiger partial charge in [0.25, 0.3) is 0 Å². The Morgan fingerprint density at radius 2 is 2.00 bits per heavy atom. The van der Waals surface area contributed by atoms with E-state index < -0.39 is 6.04 Å². The zero-order valence-corrected chi connectivity index (χ0v) is 11.7. The molecule has 0 saturated heterocycles. The third-order valence-electron chi connectivity index (χ3n) is 3.62. The van der Waals surface area contributed by atoms with Gasteiger partial charge in [-0.2, -0.15) is 0 Å². The highest BCUT2D eigenvalue weighted by Crippen LogP contribution is 2.24. The average molecular weight is 271 g/mol. The van der Waals surface area contributed by atoms with Crippen LogP contribution in [0.2, 0.25) is 0 Å². The van der Waals surface area contributed by atoms with Crippen molar-refractivity contribution in [2.75, 3.05) is 13.1 Å². The third-order valence-corrected chi connectivity index (χ3v) is 3.62. The lowest BCUT2D eigenvalue weighted by Gasteiger charge is -2.17. The zero-order valence-electron chi connectivity index (χ0n) is 11.7. The van der Waals surface area contributed by atoms with Crippen LogP contribution < -0.4 is 16.4 Å². The highest BCUT2D eigenvalue weighted by atomic mass is 16.3.